The highest BCUT2D eigenvalue weighted by Crippen LogP contribution is 2.15. The normalized spacial score (nSPS) is 11.7. The lowest BCUT2D eigenvalue weighted by atomic mass is 10.0. The van der Waals surface area contributed by atoms with E-state index in [-0.39, 0.29) is 44.7 Å². The zero-order chi connectivity index (χ0) is 36.8. The van der Waals surface area contributed by atoms with Crippen molar-refractivity contribution in [3.63, 3.8) is 0 Å². The van der Waals surface area contributed by atoms with Gasteiger partial charge in [0.2, 0.25) is 5.91 Å². The summed E-state index contributed by atoms with van der Waals surface area (Å²) in [6.45, 7) is 5.16. The third-order valence-corrected chi connectivity index (χ3v) is 9.55. The van der Waals surface area contributed by atoms with Gasteiger partial charge in [-0.15, -0.1) is 0 Å². The summed E-state index contributed by atoms with van der Waals surface area (Å²) in [4.78, 5) is 48.4. The van der Waals surface area contributed by atoms with E-state index in [4.69, 9.17) is 14.6 Å². The number of aliphatic carboxylic acids is 1. The fourth-order valence-electron chi connectivity index (χ4n) is 6.30. The largest absolute Gasteiger partial charge is 0.481 e. The van der Waals surface area contributed by atoms with E-state index >= 15 is 0 Å². The third-order valence-electron chi connectivity index (χ3n) is 9.55. The molecule has 294 valence electrons. The summed E-state index contributed by atoms with van der Waals surface area (Å²) in [6, 6.07) is -0.951. The van der Waals surface area contributed by atoms with Crippen molar-refractivity contribution < 1.29 is 33.8 Å². The standard InChI is InChI=1S/C42H79NO7/c1-3-5-7-9-11-13-15-17-19-21-23-25-27-29-36-49-41(47)35-34-38(43-39(44)32-31-33-40(45)46)42(48)50-37-30-28-26-24-22-20-18-16-14-12-10-8-6-4-2/h38H,3-37H2,1-2H3,(H,43,44)(H,45,46)/t38-/m0/s1. The number of nitrogens with one attached hydrogen (secondary N) is 1. The van der Waals surface area contributed by atoms with Crippen LogP contribution < -0.4 is 5.32 Å². The van der Waals surface area contributed by atoms with Gasteiger partial charge in [-0.25, -0.2) is 4.79 Å². The number of hydrogen-bond acceptors (Lipinski definition) is 6. The van der Waals surface area contributed by atoms with Gasteiger partial charge in [-0.2, -0.15) is 0 Å². The number of hydrogen-bond donors (Lipinski definition) is 2. The van der Waals surface area contributed by atoms with E-state index in [1.165, 1.54) is 141 Å². The predicted molar refractivity (Wildman–Crippen MR) is 205 cm³/mol. The molecular weight excluding hydrogens is 630 g/mol. The van der Waals surface area contributed by atoms with Gasteiger partial charge in [-0.3, -0.25) is 14.4 Å². The summed E-state index contributed by atoms with van der Waals surface area (Å²) in [5.41, 5.74) is 0. The molecule has 50 heavy (non-hydrogen) atoms. The molecule has 0 saturated heterocycles. The Morgan fingerprint density at radius 2 is 0.820 bits per heavy atom. The average Bonchev–Trinajstić information content (AvgIpc) is 3.09. The number of carbonyl (C=O) groups excluding carboxylic acids is 3. The van der Waals surface area contributed by atoms with Crippen molar-refractivity contribution in [2.75, 3.05) is 13.2 Å². The number of esters is 2. The van der Waals surface area contributed by atoms with Crippen LogP contribution in [-0.2, 0) is 28.7 Å². The van der Waals surface area contributed by atoms with Crippen molar-refractivity contribution in [2.45, 2.75) is 232 Å². The molecule has 2 N–H and O–H groups in total. The molecule has 0 rings (SSSR count). The molecule has 0 heterocycles. The van der Waals surface area contributed by atoms with Gasteiger partial charge in [0.05, 0.1) is 13.2 Å². The van der Waals surface area contributed by atoms with Gasteiger partial charge in [0.1, 0.15) is 6.04 Å². The topological polar surface area (TPSA) is 119 Å². The molecule has 1 amide bonds. The summed E-state index contributed by atoms with van der Waals surface area (Å²) in [7, 11) is 0. The number of carboxylic acids is 1. The Hall–Kier alpha value is -2.12. The molecule has 0 aliphatic heterocycles. The average molecular weight is 710 g/mol. The smallest absolute Gasteiger partial charge is 0.328 e. The molecular formula is C42H79NO7. The van der Waals surface area contributed by atoms with Crippen LogP contribution in [-0.4, -0.2) is 48.2 Å². The lowest BCUT2D eigenvalue weighted by Gasteiger charge is -2.17. The van der Waals surface area contributed by atoms with Crippen LogP contribution in [0.25, 0.3) is 0 Å². The summed E-state index contributed by atoms with van der Waals surface area (Å²) in [6.07, 6.45) is 35.3. The molecule has 0 aliphatic carbocycles. The van der Waals surface area contributed by atoms with Gasteiger partial charge >= 0.3 is 17.9 Å². The zero-order valence-electron chi connectivity index (χ0n) is 32.7. The Morgan fingerprint density at radius 1 is 0.460 bits per heavy atom. The van der Waals surface area contributed by atoms with Crippen LogP contribution in [0.5, 0.6) is 0 Å². The first kappa shape index (κ1) is 47.9. The quantitative estimate of drug-likeness (QED) is 0.0481. The second kappa shape index (κ2) is 38.1. The van der Waals surface area contributed by atoms with Crippen LogP contribution >= 0.6 is 0 Å². The van der Waals surface area contributed by atoms with Crippen LogP contribution in [0.2, 0.25) is 0 Å². The second-order valence-electron chi connectivity index (χ2n) is 14.5. The predicted octanol–water partition coefficient (Wildman–Crippen LogP) is 11.6. The zero-order valence-corrected chi connectivity index (χ0v) is 32.7. The van der Waals surface area contributed by atoms with Gasteiger partial charge in [0, 0.05) is 19.3 Å². The Kier molecular flexibility index (Phi) is 36.5. The van der Waals surface area contributed by atoms with Crippen molar-refractivity contribution >= 4 is 23.8 Å². The molecule has 0 aromatic heterocycles. The minimum absolute atomic E-state index is 0.00138. The fourth-order valence-corrected chi connectivity index (χ4v) is 6.30. The third kappa shape index (κ3) is 35.7. The van der Waals surface area contributed by atoms with Gasteiger partial charge in [0.15, 0.2) is 0 Å². The van der Waals surface area contributed by atoms with Gasteiger partial charge < -0.3 is 19.9 Å². The Labute approximate surface area is 307 Å². The van der Waals surface area contributed by atoms with Crippen molar-refractivity contribution in [3.8, 4) is 0 Å². The first-order chi connectivity index (χ1) is 24.4. The highest BCUT2D eigenvalue weighted by atomic mass is 16.5. The molecule has 0 saturated carbocycles. The number of rotatable bonds is 39. The van der Waals surface area contributed by atoms with Crippen LogP contribution in [0.3, 0.4) is 0 Å². The Bertz CT molecular complexity index is 803. The Morgan fingerprint density at radius 3 is 1.20 bits per heavy atom. The van der Waals surface area contributed by atoms with E-state index in [0.717, 1.165) is 38.5 Å². The first-order valence-corrected chi connectivity index (χ1v) is 21.2. The van der Waals surface area contributed by atoms with Crippen molar-refractivity contribution in [1.29, 1.82) is 0 Å². The van der Waals surface area contributed by atoms with Crippen LogP contribution in [0.1, 0.15) is 226 Å². The SMILES string of the molecule is CCCCCCCCCCCCCCCCOC(=O)CC[C@H](NC(=O)CCCC(=O)O)C(=O)OCCCCCCCCCCCCCCCC. The molecule has 0 fully saturated rings. The Balaban J connectivity index is 4.11. The lowest BCUT2D eigenvalue weighted by Crippen LogP contribution is -2.42. The summed E-state index contributed by atoms with van der Waals surface area (Å²) in [5.74, 6) is -2.32. The summed E-state index contributed by atoms with van der Waals surface area (Å²) < 4.78 is 10.9. The minimum atomic E-state index is -0.969. The van der Waals surface area contributed by atoms with Crippen molar-refractivity contribution in [3.05, 3.63) is 0 Å². The number of carboxylic acid groups (broad SMARTS) is 1. The minimum Gasteiger partial charge on any atom is -0.481 e. The molecule has 8 heteroatoms. The molecule has 0 spiro atoms. The van der Waals surface area contributed by atoms with E-state index in [2.05, 4.69) is 19.2 Å². The second-order valence-corrected chi connectivity index (χ2v) is 14.5. The monoisotopic (exact) mass is 710 g/mol. The first-order valence-electron chi connectivity index (χ1n) is 21.2. The maximum absolute atomic E-state index is 12.8. The van der Waals surface area contributed by atoms with E-state index in [1.54, 1.807) is 0 Å². The highest BCUT2D eigenvalue weighted by Gasteiger charge is 2.23. The number of amides is 1. The van der Waals surface area contributed by atoms with Crippen LogP contribution in [0.15, 0.2) is 0 Å². The lowest BCUT2D eigenvalue weighted by molar-refractivity contribution is -0.149. The molecule has 0 radical (unpaired) electrons. The molecule has 0 aliphatic rings. The van der Waals surface area contributed by atoms with E-state index in [9.17, 15) is 19.2 Å². The highest BCUT2D eigenvalue weighted by molar-refractivity contribution is 5.85. The maximum Gasteiger partial charge on any atom is 0.328 e. The summed E-state index contributed by atoms with van der Waals surface area (Å²) >= 11 is 0. The molecule has 0 aromatic carbocycles. The van der Waals surface area contributed by atoms with Gasteiger partial charge in [-0.05, 0) is 25.7 Å². The van der Waals surface area contributed by atoms with Crippen molar-refractivity contribution in [2.24, 2.45) is 0 Å². The van der Waals surface area contributed by atoms with Gasteiger partial charge in [-0.1, -0.05) is 181 Å². The van der Waals surface area contributed by atoms with E-state index in [1.807, 2.05) is 0 Å². The van der Waals surface area contributed by atoms with Crippen molar-refractivity contribution in [1.82, 2.24) is 5.32 Å². The molecule has 0 bridgehead atoms. The number of ether oxygens (including phenoxy) is 2. The molecule has 0 unspecified atom stereocenters. The number of unbranched alkanes of at least 4 members (excludes halogenated alkanes) is 26. The van der Waals surface area contributed by atoms with E-state index in [0.29, 0.717) is 6.61 Å². The maximum atomic E-state index is 12.8. The van der Waals surface area contributed by atoms with E-state index < -0.39 is 23.9 Å². The van der Waals surface area contributed by atoms with Crippen LogP contribution in [0.4, 0.5) is 0 Å². The summed E-state index contributed by atoms with van der Waals surface area (Å²) in [5, 5.41) is 11.5. The number of carbonyl (C=O) groups is 4. The van der Waals surface area contributed by atoms with Crippen LogP contribution in [0, 0.1) is 0 Å². The molecule has 0 aromatic rings. The molecule has 1 atom stereocenters. The fraction of sp³-hybridized carbons (Fsp3) is 0.905. The molecule has 8 nitrogen and oxygen atoms in total. The van der Waals surface area contributed by atoms with Gasteiger partial charge in [0.25, 0.3) is 0 Å².